The predicted octanol–water partition coefficient (Wildman–Crippen LogP) is 2.52. The number of hydrogen-bond donors (Lipinski definition) is 1. The number of carbonyl (C=O) groups is 1. The average molecular weight is 303 g/mol. The maximum absolute atomic E-state index is 12.0. The molecule has 0 radical (unpaired) electrons. The summed E-state index contributed by atoms with van der Waals surface area (Å²) in [6.45, 7) is 0. The van der Waals surface area contributed by atoms with Gasteiger partial charge in [-0.2, -0.15) is 5.10 Å². The molecule has 0 aromatic carbocycles. The van der Waals surface area contributed by atoms with Crippen molar-refractivity contribution in [3.63, 3.8) is 0 Å². The summed E-state index contributed by atoms with van der Waals surface area (Å²) < 4.78 is 1.94. The van der Waals surface area contributed by atoms with E-state index >= 15 is 0 Å². The monoisotopic (exact) mass is 303 g/mol. The molecule has 2 heterocycles. The molecule has 0 saturated heterocycles. The average Bonchev–Trinajstić information content (AvgIpc) is 3.17. The third-order valence-electron chi connectivity index (χ3n) is 3.48. The van der Waals surface area contributed by atoms with Crippen LogP contribution in [0.25, 0.3) is 0 Å². The topological polar surface area (TPSA) is 72.7 Å². The molecule has 1 fully saturated rings. The van der Waals surface area contributed by atoms with Crippen LogP contribution < -0.4 is 5.32 Å². The van der Waals surface area contributed by atoms with Crippen LogP contribution >= 0.6 is 11.8 Å². The van der Waals surface area contributed by atoms with Gasteiger partial charge in [0, 0.05) is 18.5 Å². The lowest BCUT2D eigenvalue weighted by Gasteiger charge is -2.14. The molecule has 0 bridgehead atoms. The number of amides is 1. The van der Waals surface area contributed by atoms with Crippen LogP contribution in [0.15, 0.2) is 35.9 Å². The Bertz CT molecular complexity index is 594. The number of nitrogens with zero attached hydrogens (tertiary/aromatic N) is 4. The van der Waals surface area contributed by atoms with Gasteiger partial charge in [0.2, 0.25) is 5.91 Å². The van der Waals surface area contributed by atoms with E-state index in [0.29, 0.717) is 17.0 Å². The fourth-order valence-electron chi connectivity index (χ4n) is 2.52. The molecule has 1 saturated carbocycles. The maximum Gasteiger partial charge on any atom is 0.235 e. The van der Waals surface area contributed by atoms with Gasteiger partial charge in [-0.05, 0) is 18.9 Å². The Morgan fingerprint density at radius 2 is 2.05 bits per heavy atom. The van der Waals surface area contributed by atoms with Gasteiger partial charge in [0.15, 0.2) is 5.16 Å². The summed E-state index contributed by atoms with van der Waals surface area (Å²) in [7, 11) is 0. The molecule has 1 amide bonds. The van der Waals surface area contributed by atoms with Crippen molar-refractivity contribution < 1.29 is 4.79 Å². The summed E-state index contributed by atoms with van der Waals surface area (Å²) in [6, 6.07) is 4.02. The molecule has 0 atom stereocenters. The van der Waals surface area contributed by atoms with E-state index < -0.39 is 0 Å². The van der Waals surface area contributed by atoms with Crippen LogP contribution in [0.3, 0.4) is 0 Å². The second kappa shape index (κ2) is 6.71. The highest BCUT2D eigenvalue weighted by Crippen LogP contribution is 2.31. The van der Waals surface area contributed by atoms with Gasteiger partial charge in [-0.1, -0.05) is 24.6 Å². The molecule has 0 aliphatic heterocycles. The Balaban J connectivity index is 1.56. The van der Waals surface area contributed by atoms with E-state index in [4.69, 9.17) is 0 Å². The van der Waals surface area contributed by atoms with Crippen LogP contribution in [0, 0.1) is 0 Å². The van der Waals surface area contributed by atoms with Gasteiger partial charge in [0.05, 0.1) is 18.0 Å². The Labute approximate surface area is 127 Å². The number of carbonyl (C=O) groups excluding carboxylic acids is 1. The van der Waals surface area contributed by atoms with Crippen molar-refractivity contribution in [3.05, 3.63) is 30.7 Å². The van der Waals surface area contributed by atoms with Crippen LogP contribution in [0.4, 0.5) is 5.82 Å². The summed E-state index contributed by atoms with van der Waals surface area (Å²) in [6.07, 6.45) is 9.82. The van der Waals surface area contributed by atoms with Crippen molar-refractivity contribution >= 4 is 23.5 Å². The van der Waals surface area contributed by atoms with Gasteiger partial charge in [-0.3, -0.25) is 4.79 Å². The lowest BCUT2D eigenvalue weighted by Crippen LogP contribution is -2.19. The first-order chi connectivity index (χ1) is 10.3. The number of aromatic nitrogens is 4. The normalized spacial score (nSPS) is 15.2. The van der Waals surface area contributed by atoms with E-state index in [1.165, 1.54) is 24.6 Å². The first kappa shape index (κ1) is 14.1. The Morgan fingerprint density at radius 3 is 2.81 bits per heavy atom. The summed E-state index contributed by atoms with van der Waals surface area (Å²) in [5.74, 6) is 1.01. The molecule has 6 nitrogen and oxygen atoms in total. The van der Waals surface area contributed by atoms with E-state index in [1.807, 2.05) is 10.7 Å². The third-order valence-corrected chi connectivity index (χ3v) is 4.36. The Hall–Kier alpha value is -1.89. The largest absolute Gasteiger partial charge is 0.310 e. The standard InChI is InChI=1S/C14H17N5OS/c20-13(10-21-14-15-7-3-8-16-14)18-12-6-9-17-19(12)11-4-1-2-5-11/h3,6-9,11H,1-2,4-5,10H2,(H,18,20). The first-order valence-corrected chi connectivity index (χ1v) is 8.04. The molecule has 1 N–H and O–H groups in total. The van der Waals surface area contributed by atoms with Crippen LogP contribution in [0.2, 0.25) is 0 Å². The van der Waals surface area contributed by atoms with Gasteiger partial charge in [0.25, 0.3) is 0 Å². The third kappa shape index (κ3) is 3.60. The number of anilines is 1. The SMILES string of the molecule is O=C(CSc1ncccn1)Nc1ccnn1C1CCCC1. The highest BCUT2D eigenvalue weighted by atomic mass is 32.2. The van der Waals surface area contributed by atoms with E-state index in [9.17, 15) is 4.79 Å². The first-order valence-electron chi connectivity index (χ1n) is 7.06. The fourth-order valence-corrected chi connectivity index (χ4v) is 3.13. The maximum atomic E-state index is 12.0. The molecular weight excluding hydrogens is 286 g/mol. The Morgan fingerprint density at radius 1 is 1.29 bits per heavy atom. The zero-order valence-corrected chi connectivity index (χ0v) is 12.4. The molecular formula is C14H17N5OS. The number of hydrogen-bond acceptors (Lipinski definition) is 5. The fraction of sp³-hybridized carbons (Fsp3) is 0.429. The quantitative estimate of drug-likeness (QED) is 0.678. The number of rotatable bonds is 5. The molecule has 2 aromatic heterocycles. The molecule has 3 rings (SSSR count). The lowest BCUT2D eigenvalue weighted by molar-refractivity contribution is -0.113. The minimum Gasteiger partial charge on any atom is -0.310 e. The zero-order chi connectivity index (χ0) is 14.5. The van der Waals surface area contributed by atoms with Crippen LogP contribution in [-0.2, 0) is 4.79 Å². The molecule has 7 heteroatoms. The van der Waals surface area contributed by atoms with Crippen LogP contribution in [0.5, 0.6) is 0 Å². The van der Waals surface area contributed by atoms with Crippen LogP contribution in [0.1, 0.15) is 31.7 Å². The summed E-state index contributed by atoms with van der Waals surface area (Å²) in [5, 5.41) is 7.87. The van der Waals surface area contributed by atoms with Crippen LogP contribution in [-0.4, -0.2) is 31.4 Å². The van der Waals surface area contributed by atoms with Crippen molar-refractivity contribution in [3.8, 4) is 0 Å². The van der Waals surface area contributed by atoms with Crippen molar-refractivity contribution in [2.45, 2.75) is 36.9 Å². The van der Waals surface area contributed by atoms with Gasteiger partial charge >= 0.3 is 0 Å². The van der Waals surface area contributed by atoms with E-state index in [-0.39, 0.29) is 5.91 Å². The van der Waals surface area contributed by atoms with E-state index in [1.54, 1.807) is 24.7 Å². The van der Waals surface area contributed by atoms with Crippen molar-refractivity contribution in [1.29, 1.82) is 0 Å². The van der Waals surface area contributed by atoms with Crippen molar-refractivity contribution in [2.75, 3.05) is 11.1 Å². The molecule has 21 heavy (non-hydrogen) atoms. The van der Waals surface area contributed by atoms with Gasteiger partial charge in [0.1, 0.15) is 5.82 Å². The highest BCUT2D eigenvalue weighted by Gasteiger charge is 2.20. The van der Waals surface area contributed by atoms with E-state index in [0.717, 1.165) is 18.7 Å². The van der Waals surface area contributed by atoms with E-state index in [2.05, 4.69) is 20.4 Å². The smallest absolute Gasteiger partial charge is 0.235 e. The highest BCUT2D eigenvalue weighted by molar-refractivity contribution is 7.99. The molecule has 0 unspecified atom stereocenters. The molecule has 1 aliphatic rings. The predicted molar refractivity (Wildman–Crippen MR) is 81.1 cm³/mol. The van der Waals surface area contributed by atoms with Gasteiger partial charge in [-0.25, -0.2) is 14.6 Å². The van der Waals surface area contributed by atoms with Gasteiger partial charge < -0.3 is 5.32 Å². The zero-order valence-electron chi connectivity index (χ0n) is 11.6. The number of nitrogens with one attached hydrogen (secondary N) is 1. The second-order valence-corrected chi connectivity index (χ2v) is 5.91. The molecule has 110 valence electrons. The minimum atomic E-state index is -0.0628. The second-order valence-electron chi connectivity index (χ2n) is 4.97. The molecule has 0 spiro atoms. The van der Waals surface area contributed by atoms with Crippen molar-refractivity contribution in [1.82, 2.24) is 19.7 Å². The Kier molecular flexibility index (Phi) is 4.49. The summed E-state index contributed by atoms with van der Waals surface area (Å²) in [5.41, 5.74) is 0. The minimum absolute atomic E-state index is 0.0628. The molecule has 2 aromatic rings. The molecule has 1 aliphatic carbocycles. The van der Waals surface area contributed by atoms with Gasteiger partial charge in [-0.15, -0.1) is 0 Å². The summed E-state index contributed by atoms with van der Waals surface area (Å²) in [4.78, 5) is 20.2. The lowest BCUT2D eigenvalue weighted by atomic mass is 10.2. The number of thioether (sulfide) groups is 1. The van der Waals surface area contributed by atoms with Crippen molar-refractivity contribution in [2.24, 2.45) is 0 Å². The summed E-state index contributed by atoms with van der Waals surface area (Å²) >= 11 is 1.32.